The lowest BCUT2D eigenvalue weighted by Gasteiger charge is -2.53. The molecule has 1 saturated heterocycles. The van der Waals surface area contributed by atoms with Gasteiger partial charge >= 0.3 is 0 Å². The fraction of sp³-hybridized carbons (Fsp3) is 0.833. The van der Waals surface area contributed by atoms with Crippen LogP contribution in [0.5, 0.6) is 0 Å². The topological polar surface area (TPSA) is 15.6 Å². The molecule has 0 N–H and O–H groups in total. The van der Waals surface area contributed by atoms with Gasteiger partial charge in [-0.15, -0.1) is 0 Å². The van der Waals surface area contributed by atoms with Gasteiger partial charge in [0.2, 0.25) is 0 Å². The SMILES string of the molecule is CC1(C)CN2CN=C21. The van der Waals surface area contributed by atoms with Gasteiger partial charge in [0.1, 0.15) is 12.5 Å². The summed E-state index contributed by atoms with van der Waals surface area (Å²) in [5, 5.41) is 0. The van der Waals surface area contributed by atoms with Gasteiger partial charge in [0.05, 0.1) is 0 Å². The van der Waals surface area contributed by atoms with Crippen molar-refractivity contribution in [3.05, 3.63) is 0 Å². The summed E-state index contributed by atoms with van der Waals surface area (Å²) in [6.45, 7) is 6.65. The average Bonchev–Trinajstić information content (AvgIpc) is 1.57. The average molecular weight is 110 g/mol. The van der Waals surface area contributed by atoms with Gasteiger partial charge in [-0.2, -0.15) is 0 Å². The van der Waals surface area contributed by atoms with Crippen molar-refractivity contribution in [1.29, 1.82) is 0 Å². The van der Waals surface area contributed by atoms with E-state index in [1.807, 2.05) is 0 Å². The molecule has 2 nitrogen and oxygen atoms in total. The van der Waals surface area contributed by atoms with Crippen LogP contribution in [0.4, 0.5) is 0 Å². The molecule has 0 spiro atoms. The third-order valence-electron chi connectivity index (χ3n) is 1.88. The van der Waals surface area contributed by atoms with Gasteiger partial charge in [0, 0.05) is 12.0 Å². The summed E-state index contributed by atoms with van der Waals surface area (Å²) in [6.07, 6.45) is 0. The van der Waals surface area contributed by atoms with E-state index < -0.39 is 0 Å². The van der Waals surface area contributed by atoms with Crippen molar-refractivity contribution < 1.29 is 0 Å². The Hall–Kier alpha value is -0.530. The van der Waals surface area contributed by atoms with Crippen molar-refractivity contribution in [2.24, 2.45) is 10.4 Å². The predicted molar refractivity (Wildman–Crippen MR) is 32.8 cm³/mol. The molecule has 0 aromatic heterocycles. The Bertz CT molecular complexity index is 158. The maximum Gasteiger partial charge on any atom is 0.113 e. The van der Waals surface area contributed by atoms with Crippen LogP contribution in [0.2, 0.25) is 0 Å². The Balaban J connectivity index is 2.27. The Labute approximate surface area is 49.2 Å². The van der Waals surface area contributed by atoms with Gasteiger partial charge in [-0.3, -0.25) is 4.99 Å². The molecule has 44 valence electrons. The number of aliphatic imine (C=N–C) groups is 1. The quantitative estimate of drug-likeness (QED) is 0.448. The van der Waals surface area contributed by atoms with Crippen LogP contribution in [0.25, 0.3) is 0 Å². The van der Waals surface area contributed by atoms with Crippen LogP contribution in [0.15, 0.2) is 4.99 Å². The number of fused-ring (bicyclic) bond motifs is 1. The van der Waals surface area contributed by atoms with Crippen LogP contribution in [0.3, 0.4) is 0 Å². The molecule has 0 aliphatic carbocycles. The smallest absolute Gasteiger partial charge is 0.113 e. The lowest BCUT2D eigenvalue weighted by atomic mass is 9.81. The minimum Gasteiger partial charge on any atom is -0.339 e. The summed E-state index contributed by atoms with van der Waals surface area (Å²) < 4.78 is 0. The van der Waals surface area contributed by atoms with Gasteiger partial charge in [0.25, 0.3) is 0 Å². The van der Waals surface area contributed by atoms with Crippen LogP contribution < -0.4 is 0 Å². The second-order valence-corrected chi connectivity index (χ2v) is 3.20. The highest BCUT2D eigenvalue weighted by molar-refractivity contribution is 5.96. The largest absolute Gasteiger partial charge is 0.339 e. The van der Waals surface area contributed by atoms with Crippen LogP contribution in [-0.2, 0) is 0 Å². The maximum absolute atomic E-state index is 4.23. The van der Waals surface area contributed by atoms with E-state index in [1.165, 1.54) is 12.4 Å². The molecule has 0 aromatic rings. The Kier molecular flexibility index (Phi) is 0.504. The molecule has 2 aliphatic heterocycles. The van der Waals surface area contributed by atoms with Crippen molar-refractivity contribution >= 4 is 5.84 Å². The van der Waals surface area contributed by atoms with Crippen LogP contribution in [0, 0.1) is 5.41 Å². The van der Waals surface area contributed by atoms with Crippen LogP contribution in [-0.4, -0.2) is 23.9 Å². The van der Waals surface area contributed by atoms with Gasteiger partial charge in [0.15, 0.2) is 0 Å². The zero-order valence-electron chi connectivity index (χ0n) is 5.31. The molecule has 2 heterocycles. The van der Waals surface area contributed by atoms with E-state index in [4.69, 9.17) is 0 Å². The summed E-state index contributed by atoms with van der Waals surface area (Å²) >= 11 is 0. The lowest BCUT2D eigenvalue weighted by Crippen LogP contribution is -2.63. The second kappa shape index (κ2) is 0.925. The molecule has 0 bridgehead atoms. The van der Waals surface area contributed by atoms with Crippen LogP contribution in [0.1, 0.15) is 13.8 Å². The summed E-state index contributed by atoms with van der Waals surface area (Å²) in [5.74, 6) is 1.32. The third kappa shape index (κ3) is 0.288. The molecular formula is C6H10N2. The Morgan fingerprint density at radius 1 is 1.62 bits per heavy atom. The normalized spacial score (nSPS) is 29.8. The van der Waals surface area contributed by atoms with Crippen molar-refractivity contribution in [3.8, 4) is 0 Å². The number of rotatable bonds is 0. The standard InChI is InChI=1S/C6H10N2/c1-6(2)3-8-4-7-5(6)8/h3-4H2,1-2H3. The van der Waals surface area contributed by atoms with E-state index in [9.17, 15) is 0 Å². The first-order valence-electron chi connectivity index (χ1n) is 3.00. The van der Waals surface area contributed by atoms with Crippen molar-refractivity contribution in [2.75, 3.05) is 13.2 Å². The molecule has 0 atom stereocenters. The molecule has 8 heavy (non-hydrogen) atoms. The van der Waals surface area contributed by atoms with Crippen molar-refractivity contribution in [3.63, 3.8) is 0 Å². The predicted octanol–water partition coefficient (Wildman–Crippen LogP) is 0.698. The molecule has 0 amide bonds. The molecular weight excluding hydrogens is 100 g/mol. The number of amidine groups is 1. The van der Waals surface area contributed by atoms with Gasteiger partial charge in [-0.05, 0) is 0 Å². The van der Waals surface area contributed by atoms with E-state index in [0.29, 0.717) is 5.41 Å². The maximum atomic E-state index is 4.23. The van der Waals surface area contributed by atoms with E-state index in [1.54, 1.807) is 0 Å². The van der Waals surface area contributed by atoms with E-state index >= 15 is 0 Å². The third-order valence-corrected chi connectivity index (χ3v) is 1.88. The van der Waals surface area contributed by atoms with E-state index in [0.717, 1.165) is 6.67 Å². The van der Waals surface area contributed by atoms with Crippen LogP contribution >= 0.6 is 0 Å². The summed E-state index contributed by atoms with van der Waals surface area (Å²) in [5.41, 5.74) is 0.415. The van der Waals surface area contributed by atoms with Gasteiger partial charge in [-0.1, -0.05) is 13.8 Å². The first-order valence-corrected chi connectivity index (χ1v) is 3.00. The first kappa shape index (κ1) is 4.36. The monoisotopic (exact) mass is 110 g/mol. The molecule has 0 unspecified atom stereocenters. The minimum absolute atomic E-state index is 0.415. The zero-order chi connectivity index (χ0) is 5.78. The molecule has 0 radical (unpaired) electrons. The summed E-state index contributed by atoms with van der Waals surface area (Å²) in [4.78, 5) is 6.54. The summed E-state index contributed by atoms with van der Waals surface area (Å²) in [6, 6.07) is 0. The van der Waals surface area contributed by atoms with E-state index in [-0.39, 0.29) is 0 Å². The summed E-state index contributed by atoms with van der Waals surface area (Å²) in [7, 11) is 0. The number of hydrogen-bond acceptors (Lipinski definition) is 2. The fourth-order valence-corrected chi connectivity index (χ4v) is 1.46. The highest BCUT2D eigenvalue weighted by Gasteiger charge is 2.45. The van der Waals surface area contributed by atoms with Crippen molar-refractivity contribution in [1.82, 2.24) is 4.90 Å². The first-order chi connectivity index (χ1) is 3.70. The number of nitrogens with zero attached hydrogens (tertiary/aromatic N) is 2. The molecule has 2 aliphatic rings. The molecule has 0 aromatic carbocycles. The van der Waals surface area contributed by atoms with Gasteiger partial charge in [-0.25, -0.2) is 0 Å². The highest BCUT2D eigenvalue weighted by Crippen LogP contribution is 2.36. The molecule has 2 heteroatoms. The lowest BCUT2D eigenvalue weighted by molar-refractivity contribution is 0.177. The minimum atomic E-state index is 0.415. The molecule has 0 saturated carbocycles. The zero-order valence-corrected chi connectivity index (χ0v) is 5.31. The van der Waals surface area contributed by atoms with Crippen molar-refractivity contribution in [2.45, 2.75) is 13.8 Å². The Morgan fingerprint density at radius 2 is 2.38 bits per heavy atom. The second-order valence-electron chi connectivity index (χ2n) is 3.20. The molecule has 2 rings (SSSR count). The Morgan fingerprint density at radius 3 is 2.38 bits per heavy atom. The van der Waals surface area contributed by atoms with E-state index in [2.05, 4.69) is 23.7 Å². The van der Waals surface area contributed by atoms with Gasteiger partial charge < -0.3 is 4.90 Å². The highest BCUT2D eigenvalue weighted by atomic mass is 15.4. The fourth-order valence-electron chi connectivity index (χ4n) is 1.46. The molecule has 1 fully saturated rings. The number of hydrogen-bond donors (Lipinski definition) is 0.